The minimum Gasteiger partial charge on any atom is -0.103 e. The first-order valence-electron chi connectivity index (χ1n) is 3.44. The highest BCUT2D eigenvalue weighted by Gasteiger charge is 1.94. The maximum atomic E-state index is 3.82. The van der Waals surface area contributed by atoms with Crippen molar-refractivity contribution in [2.24, 2.45) is 0 Å². The van der Waals surface area contributed by atoms with Gasteiger partial charge < -0.3 is 0 Å². The van der Waals surface area contributed by atoms with E-state index in [1.807, 2.05) is 0 Å². The lowest BCUT2D eigenvalue weighted by molar-refractivity contribution is 1.41. The van der Waals surface area contributed by atoms with Crippen LogP contribution in [0.5, 0.6) is 0 Å². The van der Waals surface area contributed by atoms with Crippen LogP contribution in [0.3, 0.4) is 0 Å². The van der Waals surface area contributed by atoms with E-state index in [0.717, 1.165) is 0 Å². The van der Waals surface area contributed by atoms with Crippen LogP contribution in [0.15, 0.2) is 24.4 Å². The molecular formula is C9H12Si. The Hall–Kier alpha value is -0.693. The van der Waals surface area contributed by atoms with Gasteiger partial charge in [0.1, 0.15) is 0 Å². The fourth-order valence-electron chi connectivity index (χ4n) is 0.995. The van der Waals surface area contributed by atoms with Crippen molar-refractivity contribution in [2.45, 2.75) is 13.8 Å². The Morgan fingerprint density at radius 1 is 1.50 bits per heavy atom. The standard InChI is InChI=1S/C9H12Si/c1-4-10-7-5-6-8(2)9(10)3/h4-7H,1H2,2-3H3. The predicted molar refractivity (Wildman–Crippen MR) is 48.3 cm³/mol. The third-order valence-corrected chi connectivity index (χ3v) is 4.12. The molecule has 0 nitrogen and oxygen atoms in total. The highest BCUT2D eigenvalue weighted by Crippen LogP contribution is 2.04. The van der Waals surface area contributed by atoms with Gasteiger partial charge in [0.05, 0.1) is 8.40 Å². The zero-order valence-corrected chi connectivity index (χ0v) is 7.52. The van der Waals surface area contributed by atoms with Crippen molar-refractivity contribution < 1.29 is 0 Å². The molecule has 0 bridgehead atoms. The molecule has 10 heavy (non-hydrogen) atoms. The van der Waals surface area contributed by atoms with E-state index >= 15 is 0 Å². The summed E-state index contributed by atoms with van der Waals surface area (Å²) in [7, 11) is -0.482. The molecule has 0 aromatic carbocycles. The Balaban J connectivity index is 3.27. The lowest BCUT2D eigenvalue weighted by Gasteiger charge is -2.01. The number of hydrogen-bond donors (Lipinski definition) is 0. The van der Waals surface area contributed by atoms with Crippen LogP contribution in [0, 0.1) is 13.8 Å². The summed E-state index contributed by atoms with van der Waals surface area (Å²) in [5, 5.41) is 1.52. The van der Waals surface area contributed by atoms with Crippen LogP contribution in [-0.2, 0) is 0 Å². The summed E-state index contributed by atoms with van der Waals surface area (Å²) in [5.74, 6) is 0. The monoisotopic (exact) mass is 148 g/mol. The molecule has 1 aromatic rings. The summed E-state index contributed by atoms with van der Waals surface area (Å²) in [4.78, 5) is 0. The van der Waals surface area contributed by atoms with Gasteiger partial charge in [-0.25, -0.2) is 0 Å². The minimum absolute atomic E-state index is 0.482. The molecule has 0 aliphatic carbocycles. The smallest absolute Gasteiger partial charge is 0.0673 e. The van der Waals surface area contributed by atoms with E-state index in [9.17, 15) is 0 Å². The van der Waals surface area contributed by atoms with Crippen LogP contribution < -0.4 is 0 Å². The largest absolute Gasteiger partial charge is 0.103 e. The van der Waals surface area contributed by atoms with E-state index < -0.39 is 8.40 Å². The molecule has 1 aromatic heterocycles. The highest BCUT2D eigenvalue weighted by atomic mass is 28.2. The molecule has 1 rings (SSSR count). The SMILES string of the molecule is C=C[si]1cccc(C)c1C. The molecule has 0 aliphatic heterocycles. The molecule has 0 fully saturated rings. The molecule has 0 saturated carbocycles. The van der Waals surface area contributed by atoms with Crippen LogP contribution in [0.1, 0.15) is 10.7 Å². The molecule has 52 valence electrons. The second-order valence-corrected chi connectivity index (χ2v) is 4.90. The molecule has 1 heterocycles. The summed E-state index contributed by atoms with van der Waals surface area (Å²) in [6.45, 7) is 8.17. The summed E-state index contributed by atoms with van der Waals surface area (Å²) in [6, 6.07) is 4.30. The normalized spacial score (nSPS) is 9.40. The number of hydrogen-bond acceptors (Lipinski definition) is 0. The second-order valence-electron chi connectivity index (χ2n) is 2.49. The highest BCUT2D eigenvalue weighted by molar-refractivity contribution is 6.67. The van der Waals surface area contributed by atoms with Crippen molar-refractivity contribution in [1.82, 2.24) is 0 Å². The molecule has 0 atom stereocenters. The maximum Gasteiger partial charge on any atom is 0.0673 e. The van der Waals surface area contributed by atoms with Crippen LogP contribution in [0.4, 0.5) is 0 Å². The third-order valence-electron chi connectivity index (χ3n) is 1.87. The van der Waals surface area contributed by atoms with Gasteiger partial charge >= 0.3 is 0 Å². The first-order chi connectivity index (χ1) is 4.75. The minimum atomic E-state index is -0.482. The van der Waals surface area contributed by atoms with Gasteiger partial charge in [0.2, 0.25) is 0 Å². The fourth-order valence-corrected chi connectivity index (χ4v) is 2.53. The molecule has 0 aliphatic rings. The van der Waals surface area contributed by atoms with Gasteiger partial charge in [-0.2, -0.15) is 0 Å². The van der Waals surface area contributed by atoms with Gasteiger partial charge in [-0.1, -0.05) is 34.2 Å². The Bertz CT molecular complexity index is 251. The molecule has 0 N–H and O–H groups in total. The first-order valence-corrected chi connectivity index (χ1v) is 5.10. The average Bonchev–Trinajstić information content (AvgIpc) is 1.95. The van der Waals surface area contributed by atoms with E-state index in [1.54, 1.807) is 0 Å². The summed E-state index contributed by atoms with van der Waals surface area (Å²) >= 11 is 0. The molecule has 0 spiro atoms. The topological polar surface area (TPSA) is 0 Å². The zero-order chi connectivity index (χ0) is 7.56. The van der Waals surface area contributed by atoms with Crippen molar-refractivity contribution >= 4 is 14.1 Å². The van der Waals surface area contributed by atoms with Gasteiger partial charge in [-0.05, 0) is 13.8 Å². The number of aryl methyl sites for hydroxylation is 1. The Labute approximate surface area is 63.7 Å². The maximum absolute atomic E-state index is 3.82. The number of rotatable bonds is 1. The van der Waals surface area contributed by atoms with E-state index in [1.165, 1.54) is 10.7 Å². The van der Waals surface area contributed by atoms with Gasteiger partial charge in [0.25, 0.3) is 0 Å². The molecule has 1 heteroatoms. The Kier molecular flexibility index (Phi) is 2.17. The molecule has 0 unspecified atom stereocenters. The molecular weight excluding hydrogens is 136 g/mol. The molecule has 0 saturated heterocycles. The van der Waals surface area contributed by atoms with E-state index in [2.05, 4.69) is 43.9 Å². The average molecular weight is 148 g/mol. The van der Waals surface area contributed by atoms with Crippen molar-refractivity contribution in [3.8, 4) is 0 Å². The summed E-state index contributed by atoms with van der Waals surface area (Å²) in [5.41, 5.74) is 5.75. The van der Waals surface area contributed by atoms with Crippen molar-refractivity contribution in [3.05, 3.63) is 35.1 Å². The van der Waals surface area contributed by atoms with E-state index in [0.29, 0.717) is 0 Å². The lowest BCUT2D eigenvalue weighted by atomic mass is 10.3. The molecule has 0 radical (unpaired) electrons. The van der Waals surface area contributed by atoms with Crippen LogP contribution in [0.2, 0.25) is 0 Å². The van der Waals surface area contributed by atoms with Crippen LogP contribution in [0.25, 0.3) is 5.70 Å². The van der Waals surface area contributed by atoms with Gasteiger partial charge in [0.15, 0.2) is 0 Å². The quantitative estimate of drug-likeness (QED) is 0.537. The van der Waals surface area contributed by atoms with Crippen molar-refractivity contribution in [1.29, 1.82) is 0 Å². The van der Waals surface area contributed by atoms with Gasteiger partial charge in [-0.15, -0.1) is 6.58 Å². The lowest BCUT2D eigenvalue weighted by Crippen LogP contribution is -1.96. The van der Waals surface area contributed by atoms with Crippen LogP contribution in [-0.4, -0.2) is 8.40 Å². The predicted octanol–water partition coefficient (Wildman–Crippen LogP) is 2.43. The first kappa shape index (κ1) is 7.41. The summed E-state index contributed by atoms with van der Waals surface area (Å²) in [6.07, 6.45) is 0. The van der Waals surface area contributed by atoms with Crippen molar-refractivity contribution in [3.63, 3.8) is 0 Å². The fraction of sp³-hybridized carbons (Fsp3) is 0.222. The zero-order valence-electron chi connectivity index (χ0n) is 6.52. The Morgan fingerprint density at radius 2 is 2.20 bits per heavy atom. The van der Waals surface area contributed by atoms with Crippen LogP contribution >= 0.6 is 0 Å². The van der Waals surface area contributed by atoms with E-state index in [4.69, 9.17) is 0 Å². The van der Waals surface area contributed by atoms with E-state index in [-0.39, 0.29) is 0 Å². The molecule has 0 amide bonds. The van der Waals surface area contributed by atoms with Gasteiger partial charge in [0, 0.05) is 0 Å². The third kappa shape index (κ3) is 1.24. The summed E-state index contributed by atoms with van der Waals surface area (Å²) < 4.78 is 0. The second kappa shape index (κ2) is 2.93. The Morgan fingerprint density at radius 3 is 2.70 bits per heavy atom. The van der Waals surface area contributed by atoms with Gasteiger partial charge in [-0.3, -0.25) is 0 Å². The van der Waals surface area contributed by atoms with Crippen molar-refractivity contribution in [2.75, 3.05) is 0 Å².